The van der Waals surface area contributed by atoms with Crippen molar-refractivity contribution >= 4 is 11.9 Å². The topological polar surface area (TPSA) is 24.4 Å². The molecule has 0 atom stereocenters. The lowest BCUT2D eigenvalue weighted by atomic mass is 10.2. The molecule has 0 aliphatic rings. The largest absolute Gasteiger partial charge is 0.418 e. The Balaban J connectivity index is 2.18. The van der Waals surface area contributed by atoms with Crippen LogP contribution in [-0.4, -0.2) is 6.21 Å². The summed E-state index contributed by atoms with van der Waals surface area (Å²) in [4.78, 5) is 0. The molecule has 0 aromatic heterocycles. The Morgan fingerprint density at radius 3 is 2.30 bits per heavy atom. The fourth-order valence-corrected chi connectivity index (χ4v) is 1.58. The maximum absolute atomic E-state index is 13.3. The average molecular weight is 282 g/mol. The van der Waals surface area contributed by atoms with Crippen LogP contribution in [0.5, 0.6) is 0 Å². The first-order valence-electron chi connectivity index (χ1n) is 5.68. The molecular weight excluding hydrogens is 272 g/mol. The molecule has 6 heteroatoms. The van der Waals surface area contributed by atoms with Crippen LogP contribution in [0.2, 0.25) is 0 Å². The molecule has 0 heterocycles. The van der Waals surface area contributed by atoms with Gasteiger partial charge in [-0.05, 0) is 18.2 Å². The number of alkyl halides is 3. The van der Waals surface area contributed by atoms with E-state index in [9.17, 15) is 17.6 Å². The van der Waals surface area contributed by atoms with Gasteiger partial charge < -0.3 is 0 Å². The molecule has 1 N–H and O–H groups in total. The average Bonchev–Trinajstić information content (AvgIpc) is 2.40. The quantitative estimate of drug-likeness (QED) is 0.507. The lowest BCUT2D eigenvalue weighted by Gasteiger charge is -2.11. The summed E-state index contributed by atoms with van der Waals surface area (Å²) in [5, 5.41) is 3.63. The van der Waals surface area contributed by atoms with Crippen molar-refractivity contribution < 1.29 is 17.6 Å². The van der Waals surface area contributed by atoms with Gasteiger partial charge in [-0.15, -0.1) is 0 Å². The number of rotatable bonds is 3. The van der Waals surface area contributed by atoms with Crippen molar-refractivity contribution in [1.82, 2.24) is 0 Å². The van der Waals surface area contributed by atoms with Gasteiger partial charge in [-0.3, -0.25) is 5.43 Å². The minimum absolute atomic E-state index is 0.185. The summed E-state index contributed by atoms with van der Waals surface area (Å²) in [6, 6.07) is 10.8. The summed E-state index contributed by atoms with van der Waals surface area (Å²) in [7, 11) is 0. The van der Waals surface area contributed by atoms with E-state index < -0.39 is 17.6 Å². The summed E-state index contributed by atoms with van der Waals surface area (Å²) >= 11 is 0. The highest BCUT2D eigenvalue weighted by Gasteiger charge is 2.33. The van der Waals surface area contributed by atoms with Crippen LogP contribution in [0.4, 0.5) is 23.2 Å². The smallest absolute Gasteiger partial charge is 0.278 e. The first-order chi connectivity index (χ1) is 9.48. The SMILES string of the molecule is Fc1ccccc1/C=N/Nc1ccccc1C(F)(F)F. The first-order valence-corrected chi connectivity index (χ1v) is 5.68. The first kappa shape index (κ1) is 14.0. The predicted octanol–water partition coefficient (Wildman–Crippen LogP) is 4.29. The van der Waals surface area contributed by atoms with Crippen LogP contribution in [0.1, 0.15) is 11.1 Å². The molecule has 20 heavy (non-hydrogen) atoms. The lowest BCUT2D eigenvalue weighted by Crippen LogP contribution is -2.08. The Bertz CT molecular complexity index is 621. The van der Waals surface area contributed by atoms with Gasteiger partial charge in [0.25, 0.3) is 0 Å². The summed E-state index contributed by atoms with van der Waals surface area (Å²) in [5.41, 5.74) is 1.45. The van der Waals surface area contributed by atoms with E-state index in [1.165, 1.54) is 36.4 Å². The van der Waals surface area contributed by atoms with E-state index in [0.29, 0.717) is 0 Å². The second-order valence-electron chi connectivity index (χ2n) is 3.93. The third-order valence-corrected chi connectivity index (χ3v) is 2.53. The molecule has 0 radical (unpaired) electrons. The van der Waals surface area contributed by atoms with Crippen LogP contribution >= 0.6 is 0 Å². The van der Waals surface area contributed by atoms with Crippen molar-refractivity contribution in [1.29, 1.82) is 0 Å². The van der Waals surface area contributed by atoms with Crippen molar-refractivity contribution in [2.24, 2.45) is 5.10 Å². The van der Waals surface area contributed by atoms with E-state index in [-0.39, 0.29) is 11.3 Å². The molecule has 0 spiro atoms. The molecule has 2 aromatic carbocycles. The third-order valence-electron chi connectivity index (χ3n) is 2.53. The molecular formula is C14H10F4N2. The van der Waals surface area contributed by atoms with Gasteiger partial charge in [-0.25, -0.2) is 4.39 Å². The Morgan fingerprint density at radius 1 is 0.950 bits per heavy atom. The molecule has 2 rings (SSSR count). The monoisotopic (exact) mass is 282 g/mol. The summed E-state index contributed by atoms with van der Waals surface area (Å²) in [6.07, 6.45) is -3.35. The zero-order chi connectivity index (χ0) is 14.6. The van der Waals surface area contributed by atoms with Crippen LogP contribution < -0.4 is 5.43 Å². The summed E-state index contributed by atoms with van der Waals surface area (Å²) < 4.78 is 51.4. The number of anilines is 1. The molecule has 0 aliphatic heterocycles. The highest BCUT2D eigenvalue weighted by molar-refractivity contribution is 5.80. The predicted molar refractivity (Wildman–Crippen MR) is 69.1 cm³/mol. The van der Waals surface area contributed by atoms with Gasteiger partial charge in [0.05, 0.1) is 17.5 Å². The van der Waals surface area contributed by atoms with Gasteiger partial charge in [0.15, 0.2) is 0 Å². The molecule has 0 saturated carbocycles. The Labute approximate surface area is 112 Å². The molecule has 0 amide bonds. The van der Waals surface area contributed by atoms with Crippen LogP contribution in [0.3, 0.4) is 0 Å². The number of hydrazone groups is 1. The fourth-order valence-electron chi connectivity index (χ4n) is 1.58. The van der Waals surface area contributed by atoms with Gasteiger partial charge in [0.1, 0.15) is 5.82 Å². The van der Waals surface area contributed by atoms with Gasteiger partial charge >= 0.3 is 6.18 Å². The zero-order valence-corrected chi connectivity index (χ0v) is 10.2. The van der Waals surface area contributed by atoms with Crippen LogP contribution in [0.25, 0.3) is 0 Å². The number of para-hydroxylation sites is 1. The van der Waals surface area contributed by atoms with E-state index in [4.69, 9.17) is 0 Å². The Morgan fingerprint density at radius 2 is 1.60 bits per heavy atom. The molecule has 0 saturated heterocycles. The molecule has 104 valence electrons. The maximum atomic E-state index is 13.3. The molecule has 0 fully saturated rings. The number of halogens is 4. The van der Waals surface area contributed by atoms with Crippen molar-refractivity contribution in [3.8, 4) is 0 Å². The van der Waals surface area contributed by atoms with E-state index in [1.807, 2.05) is 0 Å². The van der Waals surface area contributed by atoms with Gasteiger partial charge in [-0.2, -0.15) is 18.3 Å². The van der Waals surface area contributed by atoms with E-state index in [1.54, 1.807) is 6.07 Å². The van der Waals surface area contributed by atoms with E-state index in [2.05, 4.69) is 10.5 Å². The second-order valence-corrected chi connectivity index (χ2v) is 3.93. The number of benzene rings is 2. The minimum Gasteiger partial charge on any atom is -0.278 e. The van der Waals surface area contributed by atoms with E-state index in [0.717, 1.165) is 12.3 Å². The minimum atomic E-state index is -4.48. The lowest BCUT2D eigenvalue weighted by molar-refractivity contribution is -0.136. The van der Waals surface area contributed by atoms with Crippen molar-refractivity contribution in [3.05, 3.63) is 65.5 Å². The standard InChI is InChI=1S/C14H10F4N2/c15-12-7-3-1-5-10(12)9-19-20-13-8-4-2-6-11(13)14(16,17)18/h1-9,20H/b19-9+. The number of hydrogen-bond donors (Lipinski definition) is 1. The van der Waals surface area contributed by atoms with Crippen LogP contribution in [0, 0.1) is 5.82 Å². The van der Waals surface area contributed by atoms with Crippen LogP contribution in [0.15, 0.2) is 53.6 Å². The Kier molecular flexibility index (Phi) is 4.02. The number of nitrogens with zero attached hydrogens (tertiary/aromatic N) is 1. The zero-order valence-electron chi connectivity index (χ0n) is 10.2. The third kappa shape index (κ3) is 3.34. The van der Waals surface area contributed by atoms with Gasteiger partial charge in [-0.1, -0.05) is 30.3 Å². The Hall–Kier alpha value is -2.37. The fraction of sp³-hybridized carbons (Fsp3) is 0.0714. The summed E-state index contributed by atoms with van der Waals surface area (Å²) in [6.45, 7) is 0. The van der Waals surface area contributed by atoms with E-state index >= 15 is 0 Å². The normalized spacial score (nSPS) is 11.8. The highest BCUT2D eigenvalue weighted by atomic mass is 19.4. The summed E-state index contributed by atoms with van der Waals surface area (Å²) in [5.74, 6) is -0.498. The van der Waals surface area contributed by atoms with Gasteiger partial charge in [0.2, 0.25) is 0 Å². The van der Waals surface area contributed by atoms with Crippen molar-refractivity contribution in [3.63, 3.8) is 0 Å². The van der Waals surface area contributed by atoms with Gasteiger partial charge in [0, 0.05) is 5.56 Å². The number of nitrogens with one attached hydrogen (secondary N) is 1. The molecule has 0 bridgehead atoms. The maximum Gasteiger partial charge on any atom is 0.418 e. The molecule has 0 unspecified atom stereocenters. The molecule has 2 aromatic rings. The highest BCUT2D eigenvalue weighted by Crippen LogP contribution is 2.34. The molecule has 0 aliphatic carbocycles. The van der Waals surface area contributed by atoms with Crippen molar-refractivity contribution in [2.75, 3.05) is 5.43 Å². The van der Waals surface area contributed by atoms with Crippen LogP contribution in [-0.2, 0) is 6.18 Å². The molecule has 2 nitrogen and oxygen atoms in total. The second kappa shape index (κ2) is 5.73. The van der Waals surface area contributed by atoms with Crippen molar-refractivity contribution in [2.45, 2.75) is 6.18 Å². The number of hydrogen-bond acceptors (Lipinski definition) is 2.